The lowest BCUT2D eigenvalue weighted by Crippen LogP contribution is -2.37. The Morgan fingerprint density at radius 1 is 1.33 bits per heavy atom. The van der Waals surface area contributed by atoms with Crippen molar-refractivity contribution in [1.82, 2.24) is 4.90 Å². The van der Waals surface area contributed by atoms with Crippen LogP contribution in [0.15, 0.2) is 27.8 Å². The number of oxime groups is 1. The van der Waals surface area contributed by atoms with Gasteiger partial charge in [-0.2, -0.15) is 0 Å². The molecule has 0 aromatic heterocycles. The van der Waals surface area contributed by atoms with Crippen LogP contribution in [0.1, 0.15) is 24.8 Å². The Kier molecular flexibility index (Phi) is 4.08. The molecule has 1 aromatic rings. The molecule has 1 aromatic carbocycles. The van der Waals surface area contributed by atoms with Crippen LogP contribution >= 0.6 is 15.9 Å². The van der Waals surface area contributed by atoms with E-state index in [1.165, 1.54) is 19.3 Å². The van der Waals surface area contributed by atoms with Crippen LogP contribution in [0, 0.1) is 0 Å². The Morgan fingerprint density at radius 2 is 2.10 bits per heavy atom. The van der Waals surface area contributed by atoms with Gasteiger partial charge in [-0.15, -0.1) is 0 Å². The van der Waals surface area contributed by atoms with E-state index in [4.69, 9.17) is 10.9 Å². The lowest BCUT2D eigenvalue weighted by molar-refractivity contribution is 0.254. The van der Waals surface area contributed by atoms with E-state index in [0.717, 1.165) is 28.8 Å². The van der Waals surface area contributed by atoms with Crippen molar-refractivity contribution in [3.05, 3.63) is 28.2 Å². The van der Waals surface area contributed by atoms with Gasteiger partial charge in [-0.1, -0.05) is 21.1 Å². The average molecular weight is 353 g/mol. The fraction of sp³-hybridized carbons (Fsp3) is 0.533. The number of likely N-dealkylation sites (N-methyl/N-ethyl adjacent to an activating group) is 1. The number of halogens is 1. The second-order valence-corrected chi connectivity index (χ2v) is 6.85. The Morgan fingerprint density at radius 3 is 2.86 bits per heavy atom. The van der Waals surface area contributed by atoms with E-state index in [1.54, 1.807) is 0 Å². The van der Waals surface area contributed by atoms with Crippen molar-refractivity contribution in [2.24, 2.45) is 10.9 Å². The number of amidine groups is 1. The second kappa shape index (κ2) is 5.85. The van der Waals surface area contributed by atoms with Crippen molar-refractivity contribution in [1.29, 1.82) is 0 Å². The van der Waals surface area contributed by atoms with Crippen LogP contribution < -0.4 is 10.6 Å². The number of benzene rings is 1. The molecule has 2 heterocycles. The van der Waals surface area contributed by atoms with Crippen molar-refractivity contribution in [2.75, 3.05) is 25.0 Å². The average Bonchev–Trinajstić information content (AvgIpc) is 2.72. The van der Waals surface area contributed by atoms with Crippen LogP contribution in [0.3, 0.4) is 0 Å². The molecule has 3 rings (SSSR count). The highest BCUT2D eigenvalue weighted by Gasteiger charge is 2.35. The first-order valence-corrected chi connectivity index (χ1v) is 8.13. The summed E-state index contributed by atoms with van der Waals surface area (Å²) in [5, 5.41) is 12.2. The molecule has 2 bridgehead atoms. The van der Waals surface area contributed by atoms with Gasteiger partial charge in [0.1, 0.15) is 0 Å². The molecule has 2 aliphatic rings. The second-order valence-electron chi connectivity index (χ2n) is 5.93. The first kappa shape index (κ1) is 14.7. The van der Waals surface area contributed by atoms with Gasteiger partial charge in [0.15, 0.2) is 5.84 Å². The summed E-state index contributed by atoms with van der Waals surface area (Å²) < 4.78 is 0.932. The van der Waals surface area contributed by atoms with Gasteiger partial charge in [-0.05, 0) is 44.5 Å². The highest BCUT2D eigenvalue weighted by molar-refractivity contribution is 9.10. The SMILES string of the molecule is CN1C2CCC1CN(c1ccc(Br)cc1/C(N)=N/O)CC2. The molecule has 0 spiro atoms. The van der Waals surface area contributed by atoms with E-state index >= 15 is 0 Å². The number of hydrogen-bond acceptors (Lipinski definition) is 4. The molecule has 5 nitrogen and oxygen atoms in total. The van der Waals surface area contributed by atoms with Crippen molar-refractivity contribution in [3.63, 3.8) is 0 Å². The smallest absolute Gasteiger partial charge is 0.172 e. The Labute approximate surface area is 133 Å². The van der Waals surface area contributed by atoms with Crippen LogP contribution in [-0.4, -0.2) is 48.2 Å². The Hall–Kier alpha value is -1.27. The molecule has 0 saturated carbocycles. The molecule has 2 atom stereocenters. The molecule has 2 fully saturated rings. The molecule has 21 heavy (non-hydrogen) atoms. The first-order chi connectivity index (χ1) is 10.1. The predicted octanol–water partition coefficient (Wildman–Crippen LogP) is 2.22. The highest BCUT2D eigenvalue weighted by atomic mass is 79.9. The molecule has 6 heteroatoms. The zero-order valence-electron chi connectivity index (χ0n) is 12.2. The molecule has 0 amide bonds. The normalized spacial score (nSPS) is 27.0. The summed E-state index contributed by atoms with van der Waals surface area (Å²) in [7, 11) is 2.23. The van der Waals surface area contributed by atoms with Gasteiger partial charge in [0.25, 0.3) is 0 Å². The molecule has 0 radical (unpaired) electrons. The number of rotatable bonds is 2. The monoisotopic (exact) mass is 352 g/mol. The number of hydrogen-bond donors (Lipinski definition) is 2. The van der Waals surface area contributed by atoms with Crippen molar-refractivity contribution in [3.8, 4) is 0 Å². The third-order valence-corrected chi connectivity index (χ3v) is 5.32. The molecule has 2 saturated heterocycles. The van der Waals surface area contributed by atoms with Crippen LogP contribution in [0.5, 0.6) is 0 Å². The summed E-state index contributed by atoms with van der Waals surface area (Å²) in [4.78, 5) is 4.89. The third kappa shape index (κ3) is 2.74. The third-order valence-electron chi connectivity index (χ3n) is 4.83. The number of nitrogens with zero attached hydrogens (tertiary/aromatic N) is 3. The zero-order valence-corrected chi connectivity index (χ0v) is 13.8. The van der Waals surface area contributed by atoms with Gasteiger partial charge in [-0.3, -0.25) is 4.90 Å². The van der Waals surface area contributed by atoms with E-state index in [1.807, 2.05) is 12.1 Å². The summed E-state index contributed by atoms with van der Waals surface area (Å²) in [5.41, 5.74) is 7.69. The molecule has 2 unspecified atom stereocenters. The summed E-state index contributed by atoms with van der Waals surface area (Å²) in [5.74, 6) is 0.161. The first-order valence-electron chi connectivity index (χ1n) is 7.34. The summed E-state index contributed by atoms with van der Waals surface area (Å²) in [6.07, 6.45) is 3.73. The Balaban J connectivity index is 1.93. The van der Waals surface area contributed by atoms with Crippen molar-refractivity contribution in [2.45, 2.75) is 31.3 Å². The number of anilines is 1. The van der Waals surface area contributed by atoms with Crippen molar-refractivity contribution < 1.29 is 5.21 Å². The van der Waals surface area contributed by atoms with Crippen molar-refractivity contribution >= 4 is 27.5 Å². The lowest BCUT2D eigenvalue weighted by atomic mass is 10.1. The van der Waals surface area contributed by atoms with Gasteiger partial charge in [0.2, 0.25) is 0 Å². The number of fused-ring (bicyclic) bond motifs is 2. The van der Waals surface area contributed by atoms with Crippen LogP contribution in [0.25, 0.3) is 0 Å². The quantitative estimate of drug-likeness (QED) is 0.370. The zero-order chi connectivity index (χ0) is 15.0. The lowest BCUT2D eigenvalue weighted by Gasteiger charge is -2.29. The fourth-order valence-corrected chi connectivity index (χ4v) is 3.93. The molecular formula is C15H21BrN4O. The van der Waals surface area contributed by atoms with Gasteiger partial charge in [0, 0.05) is 40.9 Å². The summed E-state index contributed by atoms with van der Waals surface area (Å²) in [6.45, 7) is 2.01. The minimum Gasteiger partial charge on any atom is -0.409 e. The summed E-state index contributed by atoms with van der Waals surface area (Å²) in [6, 6.07) is 7.27. The molecule has 2 aliphatic heterocycles. The maximum atomic E-state index is 9.03. The maximum absolute atomic E-state index is 9.03. The predicted molar refractivity (Wildman–Crippen MR) is 88.1 cm³/mol. The van der Waals surface area contributed by atoms with E-state index < -0.39 is 0 Å². The standard InChI is InChI=1S/C15H21BrN4O/c1-19-11-3-4-12(19)9-20(7-6-11)14-5-2-10(16)8-13(14)15(17)18-21/h2,5,8,11-12,21H,3-4,6-7,9H2,1H3,(H2,17,18). The molecule has 114 valence electrons. The molecular weight excluding hydrogens is 332 g/mol. The number of nitrogens with two attached hydrogens (primary N) is 1. The topological polar surface area (TPSA) is 65.1 Å². The molecule has 3 N–H and O–H groups in total. The maximum Gasteiger partial charge on any atom is 0.172 e. The van der Waals surface area contributed by atoms with Gasteiger partial charge in [-0.25, -0.2) is 0 Å². The van der Waals surface area contributed by atoms with E-state index in [2.05, 4.69) is 44.0 Å². The minimum absolute atomic E-state index is 0.161. The largest absolute Gasteiger partial charge is 0.409 e. The van der Waals surface area contributed by atoms with E-state index in [9.17, 15) is 0 Å². The van der Waals surface area contributed by atoms with E-state index in [-0.39, 0.29) is 5.84 Å². The van der Waals surface area contributed by atoms with Crippen LogP contribution in [-0.2, 0) is 0 Å². The fourth-order valence-electron chi connectivity index (χ4n) is 3.57. The van der Waals surface area contributed by atoms with Crippen LogP contribution in [0.4, 0.5) is 5.69 Å². The highest BCUT2D eigenvalue weighted by Crippen LogP contribution is 2.32. The minimum atomic E-state index is 0.161. The Bertz CT molecular complexity index is 563. The van der Waals surface area contributed by atoms with Gasteiger partial charge >= 0.3 is 0 Å². The van der Waals surface area contributed by atoms with Crippen LogP contribution in [0.2, 0.25) is 0 Å². The van der Waals surface area contributed by atoms with Gasteiger partial charge in [0.05, 0.1) is 0 Å². The van der Waals surface area contributed by atoms with E-state index in [0.29, 0.717) is 12.1 Å². The summed E-state index contributed by atoms with van der Waals surface area (Å²) >= 11 is 3.46. The van der Waals surface area contributed by atoms with Gasteiger partial charge < -0.3 is 15.8 Å². The molecule has 0 aliphatic carbocycles.